The Labute approximate surface area is 628 Å². The minimum atomic E-state index is -4.55. The Morgan fingerprint density at radius 1 is 0.626 bits per heavy atom. The molecule has 6 rings (SSSR count). The summed E-state index contributed by atoms with van der Waals surface area (Å²) in [6.07, 6.45) is -5.46. The van der Waals surface area contributed by atoms with E-state index in [2.05, 4.69) is 16.0 Å². The van der Waals surface area contributed by atoms with Gasteiger partial charge in [-0.2, -0.15) is 26.3 Å². The highest BCUT2D eigenvalue weighted by atomic mass is 19.4. The number of alkyl halides is 6. The van der Waals surface area contributed by atoms with Crippen LogP contribution in [-0.4, -0.2) is 277 Å². The zero-order valence-electron chi connectivity index (χ0n) is 66.0. The number of fused-ring (bicyclic) bond motifs is 3. The summed E-state index contributed by atoms with van der Waals surface area (Å²) in [5, 5.41) is 8.71. The van der Waals surface area contributed by atoms with E-state index in [0.717, 1.165) is 19.6 Å². The number of nitrogens with zero attached hydrogens (tertiary/aromatic N) is 9. The van der Waals surface area contributed by atoms with Crippen molar-refractivity contribution in [1.82, 2.24) is 60.0 Å². The highest BCUT2D eigenvalue weighted by molar-refractivity contribution is 6.01. The fraction of sp³-hybridized carbons (Fsp3) is 0.816. The van der Waals surface area contributed by atoms with E-state index < -0.39 is 204 Å². The number of amides is 12. The van der Waals surface area contributed by atoms with Crippen molar-refractivity contribution in [3.8, 4) is 0 Å². The Hall–Kier alpha value is -7.08. The van der Waals surface area contributed by atoms with E-state index in [0.29, 0.717) is 38.5 Å². The van der Waals surface area contributed by atoms with Crippen LogP contribution in [0.5, 0.6) is 0 Å². The van der Waals surface area contributed by atoms with Crippen LogP contribution < -0.4 is 16.0 Å². The van der Waals surface area contributed by atoms with Gasteiger partial charge in [-0.1, -0.05) is 86.3 Å². The lowest BCUT2D eigenvalue weighted by atomic mass is 9.58. The van der Waals surface area contributed by atoms with Crippen LogP contribution in [0.3, 0.4) is 0 Å². The summed E-state index contributed by atoms with van der Waals surface area (Å²) in [4.78, 5) is 192. The SMILES string of the molecule is CCC[C@H]1C(=O)N[C@@H]([C@@H](C)CC)C(=O)N(C)CC(=O)N(C)[C@H]2C/C=C\CCN(C2=O)[C@@H](CC2CCC(C(F)(F)F)CC2)C(=O)N(C)CC(=O)N[C@@H](CCC2CCC(C(F)(F)F)C(OC)C2)C(=O)N2CCCC[C@H]2C(=O)NC2(CC(C)(C)C2)C(=O)N(C)[C@@H](C(CC)CC)C(=O)N(C)[C@H](C(=O)N(C)C)CC(=O)N1C. The molecule has 31 heteroatoms. The highest BCUT2D eigenvalue weighted by Gasteiger charge is 2.59. The van der Waals surface area contributed by atoms with Crippen LogP contribution in [0.15, 0.2) is 12.2 Å². The summed E-state index contributed by atoms with van der Waals surface area (Å²) in [5.74, 6) is -14.1. The van der Waals surface area contributed by atoms with E-state index in [-0.39, 0.29) is 116 Å². The predicted molar refractivity (Wildman–Crippen MR) is 387 cm³/mol. The number of likely N-dealkylation sites (N-methyl/N-ethyl adjacent to an activating group) is 7. The van der Waals surface area contributed by atoms with Crippen molar-refractivity contribution in [2.45, 2.75) is 268 Å². The molecular formula is C76H122F6N12O13. The van der Waals surface area contributed by atoms with Crippen LogP contribution in [0.25, 0.3) is 0 Å². The zero-order valence-corrected chi connectivity index (χ0v) is 66.0. The van der Waals surface area contributed by atoms with Crippen LogP contribution in [0, 0.1) is 40.9 Å². The van der Waals surface area contributed by atoms with E-state index in [1.165, 1.54) is 88.0 Å². The van der Waals surface area contributed by atoms with Gasteiger partial charge in [-0.15, -0.1) is 0 Å². The molecule has 107 heavy (non-hydrogen) atoms. The van der Waals surface area contributed by atoms with E-state index in [1.807, 2.05) is 27.7 Å². The third-order valence-electron chi connectivity index (χ3n) is 24.0. The van der Waals surface area contributed by atoms with Crippen LogP contribution in [0.1, 0.15) is 196 Å². The van der Waals surface area contributed by atoms with Crippen molar-refractivity contribution in [2.24, 2.45) is 40.9 Å². The first-order valence-electron chi connectivity index (χ1n) is 38.6. The lowest BCUT2D eigenvalue weighted by Crippen LogP contribution is -2.72. The molecule has 0 aromatic carbocycles. The van der Waals surface area contributed by atoms with Crippen molar-refractivity contribution >= 4 is 70.9 Å². The molecule has 5 fully saturated rings. The third kappa shape index (κ3) is 21.9. The number of hydrogen-bond donors (Lipinski definition) is 3. The molecule has 0 aromatic rings. The average molecular weight is 1530 g/mol. The Kier molecular flexibility index (Phi) is 31.6. The smallest absolute Gasteiger partial charge is 0.381 e. The van der Waals surface area contributed by atoms with Crippen molar-refractivity contribution < 1.29 is 88.6 Å². The van der Waals surface area contributed by atoms with Crippen molar-refractivity contribution in [2.75, 3.05) is 89.7 Å². The molecule has 2 bridgehead atoms. The monoisotopic (exact) mass is 1520 g/mol. The molecule has 25 nitrogen and oxygen atoms in total. The van der Waals surface area contributed by atoms with Gasteiger partial charge in [-0.3, -0.25) is 57.5 Å². The number of methoxy groups -OCH3 is 1. The first-order chi connectivity index (χ1) is 50.0. The van der Waals surface area contributed by atoms with Crippen LogP contribution in [0.4, 0.5) is 26.3 Å². The summed E-state index contributed by atoms with van der Waals surface area (Å²) in [6, 6.07) is -10.7. The van der Waals surface area contributed by atoms with Gasteiger partial charge in [0.25, 0.3) is 0 Å². The van der Waals surface area contributed by atoms with Crippen LogP contribution >= 0.6 is 0 Å². The number of hydrogen-bond acceptors (Lipinski definition) is 13. The summed E-state index contributed by atoms with van der Waals surface area (Å²) in [6.45, 7) is 11.3. The summed E-state index contributed by atoms with van der Waals surface area (Å²) >= 11 is 0. The molecular weight excluding hydrogens is 1400 g/mol. The third-order valence-corrected chi connectivity index (χ3v) is 24.0. The van der Waals surface area contributed by atoms with E-state index >= 15 is 28.8 Å². The molecule has 12 atom stereocenters. The zero-order chi connectivity index (χ0) is 80.1. The second-order valence-corrected chi connectivity index (χ2v) is 32.4. The second-order valence-electron chi connectivity index (χ2n) is 32.4. The number of piperidine rings is 1. The fourth-order valence-corrected chi connectivity index (χ4v) is 17.3. The predicted octanol–water partition coefficient (Wildman–Crippen LogP) is 7.09. The van der Waals surface area contributed by atoms with Gasteiger partial charge in [0.15, 0.2) is 0 Å². The van der Waals surface area contributed by atoms with Gasteiger partial charge in [0.2, 0.25) is 70.9 Å². The van der Waals surface area contributed by atoms with Crippen LogP contribution in [-0.2, 0) is 62.3 Å². The summed E-state index contributed by atoms with van der Waals surface area (Å²) in [7, 11) is 12.3. The maximum atomic E-state index is 15.7. The lowest BCUT2D eigenvalue weighted by molar-refractivity contribution is -0.215. The Morgan fingerprint density at radius 2 is 1.25 bits per heavy atom. The molecule has 12 amide bonds. The molecule has 3 saturated carbocycles. The molecule has 3 N–H and O–H groups in total. The molecule has 3 aliphatic heterocycles. The normalized spacial score (nSPS) is 30.5. The number of carbonyl (C=O) groups is 12. The molecule has 2 saturated heterocycles. The van der Waals surface area contributed by atoms with Gasteiger partial charge in [0.05, 0.1) is 37.5 Å². The lowest BCUT2D eigenvalue weighted by Gasteiger charge is -2.54. The Balaban J connectivity index is 1.48. The number of rotatable bonds is 14. The summed E-state index contributed by atoms with van der Waals surface area (Å²) in [5.41, 5.74) is -2.21. The van der Waals surface area contributed by atoms with Gasteiger partial charge in [-0.25, -0.2) is 0 Å². The molecule has 3 aliphatic carbocycles. The van der Waals surface area contributed by atoms with Gasteiger partial charge >= 0.3 is 12.4 Å². The molecule has 3 unspecified atom stereocenters. The number of halogens is 6. The van der Waals surface area contributed by atoms with Gasteiger partial charge in [0, 0.05) is 76.6 Å². The average Bonchev–Trinajstić information content (AvgIpc) is 0.732. The van der Waals surface area contributed by atoms with Crippen molar-refractivity contribution in [3.05, 3.63) is 12.2 Å². The van der Waals surface area contributed by atoms with Crippen molar-refractivity contribution in [1.29, 1.82) is 0 Å². The first-order valence-corrected chi connectivity index (χ1v) is 38.6. The van der Waals surface area contributed by atoms with E-state index in [4.69, 9.17) is 4.74 Å². The quantitative estimate of drug-likeness (QED) is 0.116. The largest absolute Gasteiger partial charge is 0.394 e. The Bertz CT molecular complexity index is 3170. The maximum Gasteiger partial charge on any atom is 0.394 e. The number of carbonyl (C=O) groups excluding carboxylic acids is 12. The minimum absolute atomic E-state index is 0.00738. The first kappa shape index (κ1) is 88.8. The second kappa shape index (κ2) is 38.0. The van der Waals surface area contributed by atoms with E-state index in [1.54, 1.807) is 32.9 Å². The van der Waals surface area contributed by atoms with Gasteiger partial charge in [-0.05, 0) is 145 Å². The summed E-state index contributed by atoms with van der Waals surface area (Å²) < 4.78 is 90.7. The standard InChI is InChI=1S/C76H122F6N12O13/c1-17-26-53-64(98)84-62(46(5)18-2)70(104)88(11)43-61(97)90(13)55-28-22-21-24-37-94(69(55)103)57(39-47-29-33-50(34-30-47)75(77,78)79)68(102)87(10)42-59(95)83-52(36-32-48-31-35-51(76(80,81)82)58(40-48)107-16)66(100)93-38-25-23-27-54(93)65(99)85-74(44-73(6,7)45-74)72(106)92(15)63(49(19-3)20-4)71(105)91(14)56(67(101)86(8)9)41-60(96)89(53)12/h21-22,46-58,62-63H,17-20,23-45H2,1-16H3,(H,83,95)(H,84,98)(H,85,99)/b22-21-/t46-,47?,48?,50?,51?,52-,53-,54-,55-,56-,57-,58?,62-,63-/m0/s1. The van der Waals surface area contributed by atoms with Crippen LogP contribution in [0.2, 0.25) is 0 Å². The molecule has 606 valence electrons. The molecule has 0 radical (unpaired) electrons. The minimum Gasteiger partial charge on any atom is -0.381 e. The highest BCUT2D eigenvalue weighted by Crippen LogP contribution is 2.50. The van der Waals surface area contributed by atoms with Gasteiger partial charge in [0.1, 0.15) is 53.9 Å². The maximum absolute atomic E-state index is 15.7. The van der Waals surface area contributed by atoms with E-state index in [9.17, 15) is 55.1 Å². The fourth-order valence-electron chi connectivity index (χ4n) is 17.3. The molecule has 3 heterocycles. The Morgan fingerprint density at radius 3 is 1.82 bits per heavy atom. The molecule has 0 aromatic heterocycles. The number of nitrogens with one attached hydrogen (secondary N) is 3. The van der Waals surface area contributed by atoms with Crippen molar-refractivity contribution in [3.63, 3.8) is 0 Å². The number of ether oxygens (including phenoxy) is 1. The van der Waals surface area contributed by atoms with Gasteiger partial charge < -0.3 is 64.8 Å². The molecule has 1 spiro atoms. The molecule has 6 aliphatic rings. The topological polar surface area (TPSA) is 279 Å².